The van der Waals surface area contributed by atoms with Gasteiger partial charge in [0.15, 0.2) is 0 Å². The predicted molar refractivity (Wildman–Crippen MR) is 104 cm³/mol. The summed E-state index contributed by atoms with van der Waals surface area (Å²) >= 11 is 0. The number of piperidine rings is 1. The van der Waals surface area contributed by atoms with E-state index in [1.54, 1.807) is 4.90 Å². The number of imide groups is 1. The Hall–Kier alpha value is -3.03. The van der Waals surface area contributed by atoms with E-state index >= 15 is 0 Å². The highest BCUT2D eigenvalue weighted by molar-refractivity contribution is 6.02. The molecule has 0 bridgehead atoms. The van der Waals surface area contributed by atoms with Gasteiger partial charge in [0.25, 0.3) is 0 Å². The smallest absolute Gasteiger partial charge is 0.230 e. The molecule has 3 heterocycles. The largest absolute Gasteiger partial charge is 0.343 e. The molecule has 2 fully saturated rings. The molecular weight excluding hydrogens is 372 g/mol. The summed E-state index contributed by atoms with van der Waals surface area (Å²) < 4.78 is 5.48. The van der Waals surface area contributed by atoms with Crippen LogP contribution in [0, 0.1) is 6.92 Å². The maximum atomic E-state index is 12.5. The van der Waals surface area contributed by atoms with Gasteiger partial charge in [0.2, 0.25) is 29.4 Å². The van der Waals surface area contributed by atoms with Crippen LogP contribution in [-0.4, -0.2) is 57.3 Å². The van der Waals surface area contributed by atoms with Crippen molar-refractivity contribution in [3.05, 3.63) is 35.7 Å². The topological polar surface area (TPSA) is 96.6 Å². The van der Waals surface area contributed by atoms with Gasteiger partial charge in [0.1, 0.15) is 0 Å². The number of likely N-dealkylation sites (tertiary alicyclic amines) is 2. The zero-order chi connectivity index (χ0) is 20.4. The van der Waals surface area contributed by atoms with Crippen molar-refractivity contribution in [1.29, 1.82) is 0 Å². The standard InChI is InChI=1S/C21H24N4O4/c1-14-2-4-15(5-3-14)20-22-21(29-23-20)16-8-11-24(12-9-16)17(26)10-13-25-18(27)6-7-19(25)28/h2-5,16H,6-13H2,1H3. The highest BCUT2D eigenvalue weighted by Gasteiger charge is 2.31. The van der Waals surface area contributed by atoms with Gasteiger partial charge in [0.05, 0.1) is 0 Å². The van der Waals surface area contributed by atoms with Crippen molar-refractivity contribution < 1.29 is 18.9 Å². The minimum Gasteiger partial charge on any atom is -0.343 e. The molecule has 1 aromatic carbocycles. The third-order valence-corrected chi connectivity index (χ3v) is 5.65. The maximum Gasteiger partial charge on any atom is 0.230 e. The first-order valence-electron chi connectivity index (χ1n) is 10.0. The summed E-state index contributed by atoms with van der Waals surface area (Å²) in [5.41, 5.74) is 2.09. The van der Waals surface area contributed by atoms with Crippen LogP contribution in [0.3, 0.4) is 0 Å². The fourth-order valence-electron chi connectivity index (χ4n) is 3.83. The Morgan fingerprint density at radius 1 is 1.10 bits per heavy atom. The average Bonchev–Trinajstić information content (AvgIpc) is 3.34. The number of nitrogens with zero attached hydrogens (tertiary/aromatic N) is 4. The molecule has 0 spiro atoms. The van der Waals surface area contributed by atoms with Crippen LogP contribution in [0.15, 0.2) is 28.8 Å². The number of aryl methyl sites for hydroxylation is 1. The first kappa shape index (κ1) is 19.3. The summed E-state index contributed by atoms with van der Waals surface area (Å²) in [5.74, 6) is 0.943. The highest BCUT2D eigenvalue weighted by atomic mass is 16.5. The minimum atomic E-state index is -0.178. The molecule has 0 radical (unpaired) electrons. The molecule has 2 aromatic rings. The zero-order valence-electron chi connectivity index (χ0n) is 16.5. The van der Waals surface area contributed by atoms with Gasteiger partial charge in [-0.15, -0.1) is 0 Å². The Kier molecular flexibility index (Phi) is 5.42. The van der Waals surface area contributed by atoms with Crippen molar-refractivity contribution in [2.75, 3.05) is 19.6 Å². The summed E-state index contributed by atoms with van der Waals surface area (Å²) in [5, 5.41) is 4.10. The molecule has 0 aliphatic carbocycles. The van der Waals surface area contributed by atoms with Gasteiger partial charge < -0.3 is 9.42 Å². The zero-order valence-corrected chi connectivity index (χ0v) is 16.5. The number of aromatic nitrogens is 2. The quantitative estimate of drug-likeness (QED) is 0.720. The first-order chi connectivity index (χ1) is 14.0. The van der Waals surface area contributed by atoms with Crippen molar-refractivity contribution in [2.24, 2.45) is 0 Å². The van der Waals surface area contributed by atoms with Gasteiger partial charge in [-0.1, -0.05) is 35.0 Å². The van der Waals surface area contributed by atoms with Crippen molar-refractivity contribution in [3.8, 4) is 11.4 Å². The lowest BCUT2D eigenvalue weighted by Crippen LogP contribution is -2.40. The van der Waals surface area contributed by atoms with Crippen molar-refractivity contribution in [2.45, 2.75) is 44.9 Å². The van der Waals surface area contributed by atoms with E-state index in [4.69, 9.17) is 4.52 Å². The maximum absolute atomic E-state index is 12.5. The molecular formula is C21H24N4O4. The molecule has 0 saturated carbocycles. The van der Waals surface area contributed by atoms with Crippen molar-refractivity contribution >= 4 is 17.7 Å². The SMILES string of the molecule is Cc1ccc(-c2noc(C3CCN(C(=O)CCN4C(=O)CCC4=O)CC3)n2)cc1. The average molecular weight is 396 g/mol. The van der Waals surface area contributed by atoms with E-state index in [1.807, 2.05) is 31.2 Å². The van der Waals surface area contributed by atoms with Gasteiger partial charge in [-0.2, -0.15) is 4.98 Å². The molecule has 29 heavy (non-hydrogen) atoms. The molecule has 4 rings (SSSR count). The Balaban J connectivity index is 1.29. The molecule has 8 heteroatoms. The molecule has 0 atom stereocenters. The predicted octanol–water partition coefficient (Wildman–Crippen LogP) is 2.29. The summed E-state index contributed by atoms with van der Waals surface area (Å²) in [4.78, 5) is 43.3. The number of carbonyl (C=O) groups excluding carboxylic acids is 3. The lowest BCUT2D eigenvalue weighted by Gasteiger charge is -2.30. The van der Waals surface area contributed by atoms with Gasteiger partial charge >= 0.3 is 0 Å². The number of hydrogen-bond acceptors (Lipinski definition) is 6. The number of hydrogen-bond donors (Lipinski definition) is 0. The Bertz CT molecular complexity index is 897. The van der Waals surface area contributed by atoms with Crippen LogP contribution in [0.1, 0.15) is 49.5 Å². The van der Waals surface area contributed by atoms with E-state index in [2.05, 4.69) is 10.1 Å². The number of carbonyl (C=O) groups is 3. The summed E-state index contributed by atoms with van der Waals surface area (Å²) in [6, 6.07) is 7.97. The van der Waals surface area contributed by atoms with E-state index in [9.17, 15) is 14.4 Å². The monoisotopic (exact) mass is 396 g/mol. The lowest BCUT2D eigenvalue weighted by molar-refractivity contribution is -0.139. The molecule has 0 N–H and O–H groups in total. The summed E-state index contributed by atoms with van der Waals surface area (Å²) in [7, 11) is 0. The molecule has 3 amide bonds. The van der Waals surface area contributed by atoms with Crippen LogP contribution >= 0.6 is 0 Å². The van der Waals surface area contributed by atoms with Crippen LogP contribution < -0.4 is 0 Å². The second kappa shape index (κ2) is 8.14. The molecule has 1 aromatic heterocycles. The van der Waals surface area contributed by atoms with Gasteiger partial charge in [-0.25, -0.2) is 0 Å². The summed E-state index contributed by atoms with van der Waals surface area (Å²) in [6.07, 6.45) is 2.20. The first-order valence-corrected chi connectivity index (χ1v) is 10.0. The second-order valence-corrected chi connectivity index (χ2v) is 7.67. The van der Waals surface area contributed by atoms with E-state index in [-0.39, 0.29) is 49.4 Å². The van der Waals surface area contributed by atoms with E-state index in [0.717, 1.165) is 18.4 Å². The fraction of sp³-hybridized carbons (Fsp3) is 0.476. The van der Waals surface area contributed by atoms with Gasteiger partial charge in [0, 0.05) is 50.4 Å². The van der Waals surface area contributed by atoms with Crippen molar-refractivity contribution in [3.63, 3.8) is 0 Å². The fourth-order valence-corrected chi connectivity index (χ4v) is 3.83. The van der Waals surface area contributed by atoms with Crippen molar-refractivity contribution in [1.82, 2.24) is 19.9 Å². The number of amides is 3. The number of rotatable bonds is 5. The third-order valence-electron chi connectivity index (χ3n) is 5.65. The van der Waals surface area contributed by atoms with Crippen LogP contribution in [-0.2, 0) is 14.4 Å². The Morgan fingerprint density at radius 3 is 2.41 bits per heavy atom. The third kappa shape index (κ3) is 4.21. The second-order valence-electron chi connectivity index (χ2n) is 7.67. The molecule has 2 saturated heterocycles. The molecule has 8 nitrogen and oxygen atoms in total. The van der Waals surface area contributed by atoms with Crippen LogP contribution in [0.25, 0.3) is 11.4 Å². The lowest BCUT2D eigenvalue weighted by atomic mass is 9.96. The highest BCUT2D eigenvalue weighted by Crippen LogP contribution is 2.29. The molecule has 152 valence electrons. The number of benzene rings is 1. The molecule has 0 unspecified atom stereocenters. The normalized spacial score (nSPS) is 18.0. The van der Waals surface area contributed by atoms with E-state index < -0.39 is 0 Å². The van der Waals surface area contributed by atoms with Crippen LogP contribution in [0.4, 0.5) is 0 Å². The van der Waals surface area contributed by atoms with E-state index in [1.165, 1.54) is 10.5 Å². The Morgan fingerprint density at radius 2 is 1.76 bits per heavy atom. The Labute approximate surface area is 168 Å². The summed E-state index contributed by atoms with van der Waals surface area (Å²) in [6.45, 7) is 3.42. The molecule has 2 aliphatic rings. The minimum absolute atomic E-state index is 0.0261. The van der Waals surface area contributed by atoms with E-state index in [0.29, 0.717) is 24.8 Å². The van der Waals surface area contributed by atoms with Crippen LogP contribution in [0.2, 0.25) is 0 Å². The van der Waals surface area contributed by atoms with Gasteiger partial charge in [-0.05, 0) is 19.8 Å². The van der Waals surface area contributed by atoms with Crippen LogP contribution in [0.5, 0.6) is 0 Å². The molecule has 2 aliphatic heterocycles. The van der Waals surface area contributed by atoms with Gasteiger partial charge in [-0.3, -0.25) is 19.3 Å².